The molecule has 0 saturated carbocycles. The Morgan fingerprint density at radius 1 is 1.59 bits per heavy atom. The minimum atomic E-state index is -0.871. The normalized spacial score (nSPS) is 9.06. The topological polar surface area (TPSA) is 95.5 Å². The summed E-state index contributed by atoms with van der Waals surface area (Å²) in [4.78, 5) is 20.5. The van der Waals surface area contributed by atoms with E-state index in [4.69, 9.17) is 5.73 Å². The molecular formula is C10H7FN2O4. The minimum absolute atomic E-state index is 0.295. The molecule has 0 saturated heterocycles. The molecule has 0 aliphatic heterocycles. The second-order valence-corrected chi connectivity index (χ2v) is 2.89. The summed E-state index contributed by atoms with van der Waals surface area (Å²) in [5.41, 5.74) is 4.18. The molecule has 0 aromatic heterocycles. The Hall–Kier alpha value is -2.62. The predicted octanol–water partition coefficient (Wildman–Crippen LogP) is 0.841. The zero-order valence-corrected chi connectivity index (χ0v) is 8.69. The van der Waals surface area contributed by atoms with Crippen molar-refractivity contribution in [2.45, 2.75) is 0 Å². The molecule has 0 aliphatic carbocycles. The van der Waals surface area contributed by atoms with E-state index < -0.39 is 22.4 Å². The molecule has 0 fully saturated rings. The van der Waals surface area contributed by atoms with E-state index in [0.717, 1.165) is 19.2 Å². The highest BCUT2D eigenvalue weighted by Crippen LogP contribution is 2.24. The number of carbonyl (C=O) groups is 1. The van der Waals surface area contributed by atoms with Crippen molar-refractivity contribution in [1.29, 1.82) is 0 Å². The zero-order chi connectivity index (χ0) is 13.0. The van der Waals surface area contributed by atoms with Gasteiger partial charge in [-0.05, 0) is 0 Å². The number of rotatable bonds is 1. The predicted molar refractivity (Wildman–Crippen MR) is 56.4 cm³/mol. The fourth-order valence-corrected chi connectivity index (χ4v) is 1.00. The van der Waals surface area contributed by atoms with Gasteiger partial charge in [0.2, 0.25) is 0 Å². The van der Waals surface area contributed by atoms with Crippen LogP contribution < -0.4 is 5.73 Å². The summed E-state index contributed by atoms with van der Waals surface area (Å²) < 4.78 is 17.5. The summed E-state index contributed by atoms with van der Waals surface area (Å²) >= 11 is 0. The molecular weight excluding hydrogens is 231 g/mol. The maximum atomic E-state index is 13.3. The summed E-state index contributed by atoms with van der Waals surface area (Å²) in [6.45, 7) is 0. The number of nitro groups is 1. The van der Waals surface area contributed by atoms with E-state index in [-0.39, 0.29) is 11.3 Å². The van der Waals surface area contributed by atoms with Gasteiger partial charge in [-0.2, -0.15) is 0 Å². The molecule has 1 aromatic rings. The van der Waals surface area contributed by atoms with E-state index in [9.17, 15) is 19.3 Å². The van der Waals surface area contributed by atoms with E-state index in [1.807, 2.05) is 5.92 Å². The Morgan fingerprint density at radius 2 is 2.24 bits per heavy atom. The number of halogens is 1. The molecule has 88 valence electrons. The molecule has 2 N–H and O–H groups in total. The Labute approximate surface area is 95.3 Å². The number of nitro benzene ring substituents is 1. The lowest BCUT2D eigenvalue weighted by Crippen LogP contribution is -1.99. The highest BCUT2D eigenvalue weighted by atomic mass is 19.1. The van der Waals surface area contributed by atoms with Gasteiger partial charge >= 0.3 is 5.97 Å². The molecule has 17 heavy (non-hydrogen) atoms. The van der Waals surface area contributed by atoms with Gasteiger partial charge in [0.1, 0.15) is 11.5 Å². The lowest BCUT2D eigenvalue weighted by molar-refractivity contribution is -0.384. The molecule has 1 rings (SSSR count). The summed E-state index contributed by atoms with van der Waals surface area (Å²) in [5, 5.41) is 10.5. The van der Waals surface area contributed by atoms with Gasteiger partial charge in [0.15, 0.2) is 0 Å². The lowest BCUT2D eigenvalue weighted by atomic mass is 10.1. The van der Waals surface area contributed by atoms with Gasteiger partial charge in [-0.25, -0.2) is 9.18 Å². The third kappa shape index (κ3) is 2.92. The van der Waals surface area contributed by atoms with Crippen LogP contribution in [-0.4, -0.2) is 18.0 Å². The monoisotopic (exact) mass is 238 g/mol. The van der Waals surface area contributed by atoms with E-state index >= 15 is 0 Å². The zero-order valence-electron chi connectivity index (χ0n) is 8.69. The standard InChI is InChI=1S/C10H7FN2O4/c1-17-10(14)3-2-6-4-9(13(15)16)8(12)5-7(6)11/h4-5H,12H2,1H3. The van der Waals surface area contributed by atoms with Crippen LogP contribution in [0.15, 0.2) is 12.1 Å². The summed E-state index contributed by atoms with van der Waals surface area (Å²) in [7, 11) is 1.11. The number of hydrogen-bond acceptors (Lipinski definition) is 5. The molecule has 0 unspecified atom stereocenters. The maximum absolute atomic E-state index is 13.3. The average molecular weight is 238 g/mol. The van der Waals surface area contributed by atoms with Crippen molar-refractivity contribution in [2.75, 3.05) is 12.8 Å². The van der Waals surface area contributed by atoms with Crippen LogP contribution in [0.5, 0.6) is 0 Å². The molecule has 7 heteroatoms. The van der Waals surface area contributed by atoms with E-state index in [0.29, 0.717) is 0 Å². The molecule has 0 bridgehead atoms. The number of esters is 1. The van der Waals surface area contributed by atoms with Crippen LogP contribution in [0, 0.1) is 27.8 Å². The third-order valence-corrected chi connectivity index (χ3v) is 1.80. The summed E-state index contributed by atoms with van der Waals surface area (Å²) in [5.74, 6) is 2.37. The highest BCUT2D eigenvalue weighted by Gasteiger charge is 2.15. The summed E-state index contributed by atoms with van der Waals surface area (Å²) in [6.07, 6.45) is 0. The maximum Gasteiger partial charge on any atom is 0.384 e. The molecule has 0 atom stereocenters. The first-order valence-electron chi connectivity index (χ1n) is 4.29. The van der Waals surface area contributed by atoms with Gasteiger partial charge in [-0.1, -0.05) is 5.92 Å². The molecule has 0 amide bonds. The third-order valence-electron chi connectivity index (χ3n) is 1.80. The van der Waals surface area contributed by atoms with E-state index in [1.165, 1.54) is 0 Å². The van der Waals surface area contributed by atoms with Gasteiger partial charge in [0, 0.05) is 18.1 Å². The second-order valence-electron chi connectivity index (χ2n) is 2.89. The number of anilines is 1. The van der Waals surface area contributed by atoms with Crippen LogP contribution in [-0.2, 0) is 9.53 Å². The van der Waals surface area contributed by atoms with Gasteiger partial charge in [0.05, 0.1) is 17.6 Å². The molecule has 0 spiro atoms. The Balaban J connectivity index is 3.24. The van der Waals surface area contributed by atoms with Crippen LogP contribution in [0.1, 0.15) is 5.56 Å². The molecule has 0 heterocycles. The quantitative estimate of drug-likeness (QED) is 0.257. The number of nitrogens with zero attached hydrogens (tertiary/aromatic N) is 1. The minimum Gasteiger partial charge on any atom is -0.459 e. The molecule has 1 aromatic carbocycles. The first-order chi connectivity index (χ1) is 7.95. The van der Waals surface area contributed by atoms with Gasteiger partial charge in [-0.3, -0.25) is 10.1 Å². The number of methoxy groups -OCH3 is 1. The number of benzene rings is 1. The fourth-order valence-electron chi connectivity index (χ4n) is 1.00. The molecule has 6 nitrogen and oxygen atoms in total. The van der Waals surface area contributed by atoms with Crippen LogP contribution in [0.25, 0.3) is 0 Å². The second kappa shape index (κ2) is 4.94. The number of hydrogen-bond donors (Lipinski definition) is 1. The van der Waals surface area contributed by atoms with Crippen LogP contribution in [0.2, 0.25) is 0 Å². The van der Waals surface area contributed by atoms with Crippen molar-refractivity contribution < 1.29 is 18.8 Å². The van der Waals surface area contributed by atoms with Crippen molar-refractivity contribution >= 4 is 17.3 Å². The number of nitrogen functional groups attached to an aromatic ring is 1. The Bertz CT molecular complexity index is 545. The molecule has 0 radical (unpaired) electrons. The number of carbonyl (C=O) groups excluding carboxylic acids is 1. The smallest absolute Gasteiger partial charge is 0.384 e. The van der Waals surface area contributed by atoms with Crippen LogP contribution in [0.4, 0.5) is 15.8 Å². The van der Waals surface area contributed by atoms with Crippen LogP contribution in [0.3, 0.4) is 0 Å². The lowest BCUT2D eigenvalue weighted by Gasteiger charge is -1.99. The highest BCUT2D eigenvalue weighted by molar-refractivity contribution is 5.89. The Kier molecular flexibility index (Phi) is 3.62. The van der Waals surface area contributed by atoms with Gasteiger partial charge < -0.3 is 10.5 Å². The fraction of sp³-hybridized carbons (Fsp3) is 0.100. The SMILES string of the molecule is COC(=O)C#Cc1cc([N+](=O)[O-])c(N)cc1F. The summed E-state index contributed by atoms with van der Waals surface area (Å²) in [6, 6.07) is 1.64. The van der Waals surface area contributed by atoms with Gasteiger partial charge in [-0.15, -0.1) is 0 Å². The van der Waals surface area contributed by atoms with Crippen molar-refractivity contribution in [3.8, 4) is 11.8 Å². The van der Waals surface area contributed by atoms with Crippen molar-refractivity contribution in [1.82, 2.24) is 0 Å². The van der Waals surface area contributed by atoms with Crippen molar-refractivity contribution in [3.05, 3.63) is 33.6 Å². The van der Waals surface area contributed by atoms with Gasteiger partial charge in [0.25, 0.3) is 5.69 Å². The number of ether oxygens (including phenoxy) is 1. The van der Waals surface area contributed by atoms with Crippen molar-refractivity contribution in [3.63, 3.8) is 0 Å². The number of nitrogens with two attached hydrogens (primary N) is 1. The first-order valence-corrected chi connectivity index (χ1v) is 4.29. The largest absolute Gasteiger partial charge is 0.459 e. The van der Waals surface area contributed by atoms with Crippen LogP contribution >= 0.6 is 0 Å². The first kappa shape index (κ1) is 12.4. The van der Waals surface area contributed by atoms with E-state index in [2.05, 4.69) is 10.7 Å². The van der Waals surface area contributed by atoms with Crippen molar-refractivity contribution in [2.24, 2.45) is 0 Å². The molecule has 0 aliphatic rings. The average Bonchev–Trinajstić information content (AvgIpc) is 2.26. The Morgan fingerprint density at radius 3 is 2.76 bits per heavy atom. The van der Waals surface area contributed by atoms with E-state index in [1.54, 1.807) is 0 Å².